The zero-order chi connectivity index (χ0) is 17.6. The molecule has 2 N–H and O–H groups in total. The van der Waals surface area contributed by atoms with Crippen LogP contribution < -0.4 is 15.4 Å². The maximum Gasteiger partial charge on any atom is 0.319 e. The van der Waals surface area contributed by atoms with Crippen molar-refractivity contribution in [2.24, 2.45) is 0 Å². The van der Waals surface area contributed by atoms with Crippen LogP contribution in [-0.4, -0.2) is 17.6 Å². The summed E-state index contributed by atoms with van der Waals surface area (Å²) < 4.78 is 10.9. The highest BCUT2D eigenvalue weighted by Gasteiger charge is 2.13. The first-order valence-electron chi connectivity index (χ1n) is 7.94. The van der Waals surface area contributed by atoms with Crippen LogP contribution in [0.2, 0.25) is 0 Å². The number of aromatic nitrogens is 1. The highest BCUT2D eigenvalue weighted by atomic mass is 32.1. The van der Waals surface area contributed by atoms with Crippen molar-refractivity contribution in [3.8, 4) is 16.5 Å². The molecule has 6 nitrogen and oxygen atoms in total. The van der Waals surface area contributed by atoms with Crippen LogP contribution in [0.5, 0.6) is 5.75 Å². The maximum absolute atomic E-state index is 12.2. The third kappa shape index (κ3) is 4.19. The van der Waals surface area contributed by atoms with Gasteiger partial charge >= 0.3 is 6.03 Å². The average Bonchev–Trinajstić information content (AvgIpc) is 3.25. The fraction of sp³-hybridized carbons (Fsp3) is 0.222. The maximum atomic E-state index is 12.2. The summed E-state index contributed by atoms with van der Waals surface area (Å²) in [6.45, 7) is 4.76. The predicted molar refractivity (Wildman–Crippen MR) is 98.0 cm³/mol. The standard InChI is InChI=1S/C18H19N3O3S/c1-3-23-14-8-5-4-7-13(14)21-18(22)19-11-16-12(2)20-17(25-16)15-9-6-10-24-15/h4-10H,3,11H2,1-2H3,(H2,19,21,22). The van der Waals surface area contributed by atoms with E-state index in [9.17, 15) is 4.79 Å². The zero-order valence-corrected chi connectivity index (χ0v) is 14.9. The molecule has 0 aliphatic rings. The number of anilines is 1. The molecule has 2 amide bonds. The van der Waals surface area contributed by atoms with E-state index in [1.54, 1.807) is 12.3 Å². The van der Waals surface area contributed by atoms with Crippen LogP contribution in [0.4, 0.5) is 10.5 Å². The van der Waals surface area contributed by atoms with Gasteiger partial charge in [-0.05, 0) is 38.1 Å². The minimum atomic E-state index is -0.292. The molecule has 0 unspecified atom stereocenters. The number of benzene rings is 1. The number of thiazole rings is 1. The first-order chi connectivity index (χ1) is 12.2. The van der Waals surface area contributed by atoms with Gasteiger partial charge in [0.15, 0.2) is 10.8 Å². The topological polar surface area (TPSA) is 76.4 Å². The summed E-state index contributed by atoms with van der Waals surface area (Å²) in [4.78, 5) is 17.6. The average molecular weight is 357 g/mol. The molecule has 0 radical (unpaired) electrons. The Labute approximate surface area is 149 Å². The Hall–Kier alpha value is -2.80. The van der Waals surface area contributed by atoms with Crippen LogP contribution in [0.25, 0.3) is 10.8 Å². The number of nitrogens with zero attached hydrogens (tertiary/aromatic N) is 1. The van der Waals surface area contributed by atoms with E-state index in [2.05, 4.69) is 15.6 Å². The van der Waals surface area contributed by atoms with Crippen molar-refractivity contribution in [3.63, 3.8) is 0 Å². The summed E-state index contributed by atoms with van der Waals surface area (Å²) in [5, 5.41) is 6.47. The third-order valence-electron chi connectivity index (χ3n) is 3.47. The molecule has 7 heteroatoms. The number of rotatable bonds is 6. The van der Waals surface area contributed by atoms with Crippen molar-refractivity contribution in [2.75, 3.05) is 11.9 Å². The first kappa shape index (κ1) is 17.0. The largest absolute Gasteiger partial charge is 0.492 e. The smallest absolute Gasteiger partial charge is 0.319 e. The van der Waals surface area contributed by atoms with E-state index < -0.39 is 0 Å². The number of para-hydroxylation sites is 2. The van der Waals surface area contributed by atoms with Crippen molar-refractivity contribution in [2.45, 2.75) is 20.4 Å². The van der Waals surface area contributed by atoms with Gasteiger partial charge in [0.2, 0.25) is 0 Å². The van der Waals surface area contributed by atoms with Gasteiger partial charge in [0.25, 0.3) is 0 Å². The van der Waals surface area contributed by atoms with Crippen LogP contribution in [0.3, 0.4) is 0 Å². The van der Waals surface area contributed by atoms with Gasteiger partial charge in [-0.25, -0.2) is 9.78 Å². The Kier molecular flexibility index (Phi) is 5.35. The van der Waals surface area contributed by atoms with E-state index in [0.29, 0.717) is 24.6 Å². The number of hydrogen-bond acceptors (Lipinski definition) is 5. The van der Waals surface area contributed by atoms with E-state index in [-0.39, 0.29) is 6.03 Å². The summed E-state index contributed by atoms with van der Waals surface area (Å²) >= 11 is 1.50. The lowest BCUT2D eigenvalue weighted by Gasteiger charge is -2.11. The Morgan fingerprint density at radius 1 is 1.28 bits per heavy atom. The lowest BCUT2D eigenvalue weighted by atomic mass is 10.3. The zero-order valence-electron chi connectivity index (χ0n) is 14.0. The molecule has 130 valence electrons. The molecule has 0 bridgehead atoms. The van der Waals surface area contributed by atoms with E-state index in [0.717, 1.165) is 21.3 Å². The minimum absolute atomic E-state index is 0.292. The number of aryl methyl sites for hydroxylation is 1. The van der Waals surface area contributed by atoms with Gasteiger partial charge in [0.1, 0.15) is 5.75 Å². The van der Waals surface area contributed by atoms with Gasteiger partial charge in [0, 0.05) is 4.88 Å². The molecule has 3 rings (SSSR count). The van der Waals surface area contributed by atoms with Crippen molar-refractivity contribution >= 4 is 23.1 Å². The second kappa shape index (κ2) is 7.85. The molecule has 25 heavy (non-hydrogen) atoms. The number of amides is 2. The molecule has 2 aromatic heterocycles. The van der Waals surface area contributed by atoms with Crippen molar-refractivity contribution in [1.29, 1.82) is 0 Å². The predicted octanol–water partition coefficient (Wildman–Crippen LogP) is 4.43. The molecule has 0 fully saturated rings. The third-order valence-corrected chi connectivity index (χ3v) is 4.64. The number of furan rings is 1. The van der Waals surface area contributed by atoms with E-state index in [1.807, 2.05) is 44.2 Å². The van der Waals surface area contributed by atoms with Gasteiger partial charge < -0.3 is 19.8 Å². The van der Waals surface area contributed by atoms with Crippen LogP contribution in [0.1, 0.15) is 17.5 Å². The Bertz CT molecular complexity index is 843. The lowest BCUT2D eigenvalue weighted by molar-refractivity contribution is 0.251. The molecule has 0 saturated carbocycles. The van der Waals surface area contributed by atoms with Crippen LogP contribution >= 0.6 is 11.3 Å². The molecule has 0 aliphatic heterocycles. The van der Waals surface area contributed by atoms with Crippen molar-refractivity contribution in [3.05, 3.63) is 53.2 Å². The summed E-state index contributed by atoms with van der Waals surface area (Å²) in [5.74, 6) is 1.38. The van der Waals surface area contributed by atoms with Gasteiger partial charge in [0.05, 0.1) is 30.8 Å². The van der Waals surface area contributed by atoms with Crippen LogP contribution in [0.15, 0.2) is 47.1 Å². The molecule has 1 aromatic carbocycles. The highest BCUT2D eigenvalue weighted by Crippen LogP contribution is 2.28. The van der Waals surface area contributed by atoms with Crippen molar-refractivity contribution in [1.82, 2.24) is 10.3 Å². The second-order valence-electron chi connectivity index (χ2n) is 5.24. The molecule has 0 atom stereocenters. The fourth-order valence-corrected chi connectivity index (χ4v) is 3.25. The Balaban J connectivity index is 1.61. The van der Waals surface area contributed by atoms with Gasteiger partial charge in [-0.3, -0.25) is 0 Å². The molecular formula is C18H19N3O3S. The monoisotopic (exact) mass is 357 g/mol. The van der Waals surface area contributed by atoms with Gasteiger partial charge in [-0.2, -0.15) is 0 Å². The Morgan fingerprint density at radius 3 is 2.88 bits per heavy atom. The fourth-order valence-electron chi connectivity index (χ4n) is 2.28. The van der Waals surface area contributed by atoms with Crippen molar-refractivity contribution < 1.29 is 13.9 Å². The first-order valence-corrected chi connectivity index (χ1v) is 8.76. The number of carbonyl (C=O) groups is 1. The number of hydrogen-bond donors (Lipinski definition) is 2. The van der Waals surface area contributed by atoms with Crippen LogP contribution in [0, 0.1) is 6.92 Å². The molecule has 0 aliphatic carbocycles. The number of nitrogens with one attached hydrogen (secondary N) is 2. The summed E-state index contributed by atoms with van der Waals surface area (Å²) in [6, 6.07) is 10.7. The van der Waals surface area contributed by atoms with E-state index in [1.165, 1.54) is 11.3 Å². The molecule has 2 heterocycles. The summed E-state index contributed by atoms with van der Waals surface area (Å²) in [7, 11) is 0. The minimum Gasteiger partial charge on any atom is -0.492 e. The van der Waals surface area contributed by atoms with Crippen LogP contribution in [-0.2, 0) is 6.54 Å². The molecule has 3 aromatic rings. The molecule has 0 saturated heterocycles. The second-order valence-corrected chi connectivity index (χ2v) is 6.33. The summed E-state index contributed by atoms with van der Waals surface area (Å²) in [5.41, 5.74) is 1.52. The summed E-state index contributed by atoms with van der Waals surface area (Å²) in [6.07, 6.45) is 1.62. The quantitative estimate of drug-likeness (QED) is 0.684. The van der Waals surface area contributed by atoms with Gasteiger partial charge in [-0.1, -0.05) is 12.1 Å². The molecular weight excluding hydrogens is 338 g/mol. The van der Waals surface area contributed by atoms with E-state index in [4.69, 9.17) is 9.15 Å². The number of ether oxygens (including phenoxy) is 1. The van der Waals surface area contributed by atoms with Gasteiger partial charge in [-0.15, -0.1) is 11.3 Å². The lowest BCUT2D eigenvalue weighted by Crippen LogP contribution is -2.28. The number of urea groups is 1. The molecule has 0 spiro atoms. The highest BCUT2D eigenvalue weighted by molar-refractivity contribution is 7.15. The Morgan fingerprint density at radius 2 is 2.12 bits per heavy atom. The number of carbonyl (C=O) groups excluding carboxylic acids is 1. The van der Waals surface area contributed by atoms with E-state index >= 15 is 0 Å². The normalized spacial score (nSPS) is 10.5. The SMILES string of the molecule is CCOc1ccccc1NC(=O)NCc1sc(-c2ccco2)nc1C.